The number of carbonyl (C=O) groups is 1. The van der Waals surface area contributed by atoms with Crippen molar-refractivity contribution < 1.29 is 13.9 Å². The van der Waals surface area contributed by atoms with E-state index in [4.69, 9.17) is 9.15 Å². The summed E-state index contributed by atoms with van der Waals surface area (Å²) in [5, 5.41) is 0.763. The lowest BCUT2D eigenvalue weighted by Crippen LogP contribution is -2.46. The summed E-state index contributed by atoms with van der Waals surface area (Å²) >= 11 is 1.84. The first-order chi connectivity index (χ1) is 11.2. The van der Waals surface area contributed by atoms with Crippen LogP contribution in [0, 0.1) is 0 Å². The average Bonchev–Trinajstić information content (AvgIpc) is 3.02. The van der Waals surface area contributed by atoms with Gasteiger partial charge in [-0.25, -0.2) is 4.79 Å². The summed E-state index contributed by atoms with van der Waals surface area (Å²) in [5.74, 6) is 0.768. The fourth-order valence-corrected chi connectivity index (χ4v) is 4.39. The molecule has 0 aliphatic carbocycles. The van der Waals surface area contributed by atoms with Crippen molar-refractivity contribution in [1.29, 1.82) is 0 Å². The Morgan fingerprint density at radius 2 is 2.00 bits per heavy atom. The van der Waals surface area contributed by atoms with E-state index in [-0.39, 0.29) is 16.4 Å². The van der Waals surface area contributed by atoms with Gasteiger partial charge < -0.3 is 14.1 Å². The minimum Gasteiger partial charge on any atom is -0.422 e. The molecular weight excluding hydrogens is 314 g/mol. The molecule has 3 heterocycles. The summed E-state index contributed by atoms with van der Waals surface area (Å²) in [7, 11) is 0. The molecule has 23 heavy (non-hydrogen) atoms. The molecule has 1 spiro atoms. The van der Waals surface area contributed by atoms with Gasteiger partial charge in [0.2, 0.25) is 0 Å². The van der Waals surface area contributed by atoms with E-state index in [2.05, 4.69) is 0 Å². The van der Waals surface area contributed by atoms with Crippen LogP contribution >= 0.6 is 11.8 Å². The fourth-order valence-electron chi connectivity index (χ4n) is 3.22. The Kier molecular flexibility index (Phi) is 3.66. The molecule has 5 nitrogen and oxygen atoms in total. The van der Waals surface area contributed by atoms with Crippen LogP contribution in [-0.2, 0) is 4.74 Å². The van der Waals surface area contributed by atoms with Crippen molar-refractivity contribution in [3.05, 3.63) is 46.3 Å². The lowest BCUT2D eigenvalue weighted by Gasteiger charge is -2.37. The summed E-state index contributed by atoms with van der Waals surface area (Å²) < 4.78 is 11.1. The van der Waals surface area contributed by atoms with E-state index >= 15 is 0 Å². The molecule has 1 aromatic carbocycles. The molecule has 2 fully saturated rings. The Labute approximate surface area is 137 Å². The first-order valence-corrected chi connectivity index (χ1v) is 8.76. The lowest BCUT2D eigenvalue weighted by atomic mass is 10.1. The van der Waals surface area contributed by atoms with Crippen molar-refractivity contribution in [1.82, 2.24) is 4.90 Å². The standard InChI is InChI=1S/C17H17NO4S/c19-15(18-7-5-17(6-8-18)21-9-10-23-17)13-11-12-3-1-2-4-14(12)22-16(13)20/h1-4,11H,5-10H2. The normalized spacial score (nSPS) is 20.3. The van der Waals surface area contributed by atoms with Crippen molar-refractivity contribution in [3.8, 4) is 0 Å². The van der Waals surface area contributed by atoms with E-state index in [9.17, 15) is 9.59 Å². The fraction of sp³-hybridized carbons (Fsp3) is 0.412. The zero-order chi connectivity index (χ0) is 15.9. The van der Waals surface area contributed by atoms with Crippen molar-refractivity contribution in [2.75, 3.05) is 25.4 Å². The topological polar surface area (TPSA) is 59.8 Å². The molecule has 2 aromatic rings. The van der Waals surface area contributed by atoms with Crippen molar-refractivity contribution in [2.45, 2.75) is 17.8 Å². The second kappa shape index (κ2) is 5.69. The van der Waals surface area contributed by atoms with Gasteiger partial charge >= 0.3 is 5.63 Å². The van der Waals surface area contributed by atoms with Gasteiger partial charge in [-0.05, 0) is 12.1 Å². The Morgan fingerprint density at radius 1 is 1.22 bits per heavy atom. The SMILES string of the molecule is O=C(c1cc2ccccc2oc1=O)N1CCC2(CC1)OCCS2. The lowest BCUT2D eigenvalue weighted by molar-refractivity contribution is 0.00343. The van der Waals surface area contributed by atoms with Crippen LogP contribution in [0.1, 0.15) is 23.2 Å². The molecule has 1 amide bonds. The zero-order valence-electron chi connectivity index (χ0n) is 12.6. The van der Waals surface area contributed by atoms with E-state index in [1.807, 2.05) is 23.9 Å². The second-order valence-corrected chi connectivity index (χ2v) is 7.33. The highest BCUT2D eigenvalue weighted by Gasteiger charge is 2.40. The van der Waals surface area contributed by atoms with E-state index < -0.39 is 5.63 Å². The van der Waals surface area contributed by atoms with E-state index in [0.717, 1.165) is 30.6 Å². The number of amides is 1. The van der Waals surface area contributed by atoms with Gasteiger partial charge in [-0.1, -0.05) is 18.2 Å². The third-order valence-corrected chi connectivity index (χ3v) is 5.92. The highest BCUT2D eigenvalue weighted by Crippen LogP contribution is 2.41. The maximum Gasteiger partial charge on any atom is 0.349 e. The van der Waals surface area contributed by atoms with Crippen LogP contribution in [0.4, 0.5) is 0 Å². The van der Waals surface area contributed by atoms with E-state index in [0.29, 0.717) is 18.7 Å². The summed E-state index contributed by atoms with van der Waals surface area (Å²) in [5.41, 5.74) is 0.0440. The van der Waals surface area contributed by atoms with Crippen LogP contribution in [0.25, 0.3) is 11.0 Å². The molecule has 1 aromatic heterocycles. The van der Waals surface area contributed by atoms with Gasteiger partial charge in [0.05, 0.1) is 6.61 Å². The van der Waals surface area contributed by atoms with Crippen molar-refractivity contribution in [2.24, 2.45) is 0 Å². The molecule has 120 valence electrons. The largest absolute Gasteiger partial charge is 0.422 e. The Bertz CT molecular complexity index is 800. The minimum atomic E-state index is -0.569. The number of rotatable bonds is 1. The van der Waals surface area contributed by atoms with Crippen molar-refractivity contribution in [3.63, 3.8) is 0 Å². The number of nitrogens with zero attached hydrogens (tertiary/aromatic N) is 1. The van der Waals surface area contributed by atoms with Crippen LogP contribution in [-0.4, -0.2) is 41.2 Å². The smallest absolute Gasteiger partial charge is 0.349 e. The molecule has 0 saturated carbocycles. The number of hydrogen-bond acceptors (Lipinski definition) is 5. The summed E-state index contributed by atoms with van der Waals surface area (Å²) in [4.78, 5) is 26.4. The van der Waals surface area contributed by atoms with Crippen LogP contribution in [0.2, 0.25) is 0 Å². The zero-order valence-corrected chi connectivity index (χ0v) is 13.4. The highest BCUT2D eigenvalue weighted by atomic mass is 32.2. The first-order valence-electron chi connectivity index (χ1n) is 7.77. The predicted molar refractivity (Wildman–Crippen MR) is 88.8 cm³/mol. The Morgan fingerprint density at radius 3 is 2.74 bits per heavy atom. The summed E-state index contributed by atoms with van der Waals surface area (Å²) in [6, 6.07) is 8.86. The second-order valence-electron chi connectivity index (χ2n) is 5.89. The van der Waals surface area contributed by atoms with Gasteiger partial charge in [0.25, 0.3) is 5.91 Å². The van der Waals surface area contributed by atoms with Gasteiger partial charge in [0, 0.05) is 37.1 Å². The maximum absolute atomic E-state index is 12.7. The van der Waals surface area contributed by atoms with Gasteiger partial charge in [0.1, 0.15) is 16.1 Å². The summed E-state index contributed by atoms with van der Waals surface area (Å²) in [6.07, 6.45) is 1.62. The van der Waals surface area contributed by atoms with Gasteiger partial charge in [-0.2, -0.15) is 0 Å². The van der Waals surface area contributed by atoms with Gasteiger partial charge in [-0.15, -0.1) is 11.8 Å². The predicted octanol–water partition coefficient (Wildman–Crippen LogP) is 2.49. The molecule has 0 N–H and O–H groups in total. The number of fused-ring (bicyclic) bond motifs is 1. The van der Waals surface area contributed by atoms with E-state index in [1.54, 1.807) is 23.1 Å². The minimum absolute atomic E-state index is 0.111. The summed E-state index contributed by atoms with van der Waals surface area (Å²) in [6.45, 7) is 2.00. The molecule has 0 atom stereocenters. The number of likely N-dealkylation sites (tertiary alicyclic amines) is 1. The van der Waals surface area contributed by atoms with E-state index in [1.165, 1.54) is 0 Å². The third-order valence-electron chi connectivity index (χ3n) is 4.50. The van der Waals surface area contributed by atoms with Crippen LogP contribution in [0.5, 0.6) is 0 Å². The number of hydrogen-bond donors (Lipinski definition) is 0. The molecule has 2 aliphatic heterocycles. The molecule has 2 saturated heterocycles. The monoisotopic (exact) mass is 331 g/mol. The number of carbonyl (C=O) groups excluding carboxylic acids is 1. The molecule has 6 heteroatoms. The highest BCUT2D eigenvalue weighted by molar-refractivity contribution is 8.00. The number of benzene rings is 1. The Hall–Kier alpha value is -1.79. The van der Waals surface area contributed by atoms with Crippen molar-refractivity contribution >= 4 is 28.6 Å². The van der Waals surface area contributed by atoms with Crippen LogP contribution < -0.4 is 5.63 Å². The Balaban J connectivity index is 1.57. The average molecular weight is 331 g/mol. The molecule has 2 aliphatic rings. The number of thioether (sulfide) groups is 1. The van der Waals surface area contributed by atoms with Crippen LogP contribution in [0.3, 0.4) is 0 Å². The number of piperidine rings is 1. The molecule has 0 unspecified atom stereocenters. The molecule has 0 bridgehead atoms. The first kappa shape index (κ1) is 14.8. The maximum atomic E-state index is 12.7. The molecule has 0 radical (unpaired) electrons. The van der Waals surface area contributed by atoms with Crippen LogP contribution in [0.15, 0.2) is 39.5 Å². The molecular formula is C17H17NO4S. The third kappa shape index (κ3) is 2.66. The number of para-hydroxylation sites is 1. The number of ether oxygens (including phenoxy) is 1. The van der Waals surface area contributed by atoms with Gasteiger partial charge in [0.15, 0.2) is 0 Å². The van der Waals surface area contributed by atoms with Gasteiger partial charge in [-0.3, -0.25) is 4.79 Å². The quantitative estimate of drug-likeness (QED) is 0.752. The molecule has 4 rings (SSSR count).